The van der Waals surface area contributed by atoms with Gasteiger partial charge in [-0.15, -0.1) is 0 Å². The lowest BCUT2D eigenvalue weighted by Gasteiger charge is -2.14. The zero-order valence-corrected chi connectivity index (χ0v) is 13.2. The van der Waals surface area contributed by atoms with E-state index in [-0.39, 0.29) is 17.7 Å². The molecule has 1 saturated carbocycles. The first kappa shape index (κ1) is 14.8. The summed E-state index contributed by atoms with van der Waals surface area (Å²) < 4.78 is 5.33. The van der Waals surface area contributed by atoms with E-state index < -0.39 is 0 Å². The van der Waals surface area contributed by atoms with Gasteiger partial charge in [-0.1, -0.05) is 12.2 Å². The van der Waals surface area contributed by atoms with Crippen molar-refractivity contribution in [2.24, 2.45) is 0 Å². The summed E-state index contributed by atoms with van der Waals surface area (Å²) in [6.07, 6.45) is 1.30. The van der Waals surface area contributed by atoms with Gasteiger partial charge in [-0.05, 0) is 31.2 Å². The van der Waals surface area contributed by atoms with Gasteiger partial charge in [0, 0.05) is 24.1 Å². The minimum atomic E-state index is -0.340. The number of hydrogen-bond donors (Lipinski definition) is 1. The molecule has 1 N–H and O–H groups in total. The Kier molecular flexibility index (Phi) is 3.75. The number of anilines is 1. The van der Waals surface area contributed by atoms with Crippen molar-refractivity contribution in [3.63, 3.8) is 0 Å². The molecule has 1 aromatic rings. The van der Waals surface area contributed by atoms with Crippen molar-refractivity contribution in [1.29, 1.82) is 0 Å². The highest BCUT2D eigenvalue weighted by molar-refractivity contribution is 7.80. The van der Waals surface area contributed by atoms with E-state index >= 15 is 0 Å². The second-order valence-electron chi connectivity index (χ2n) is 5.74. The van der Waals surface area contributed by atoms with Crippen molar-refractivity contribution < 1.29 is 9.53 Å². The summed E-state index contributed by atoms with van der Waals surface area (Å²) in [6, 6.07) is 7.67. The summed E-state index contributed by atoms with van der Waals surface area (Å²) in [5.74, 6) is 0. The summed E-state index contributed by atoms with van der Waals surface area (Å²) in [7, 11) is 0. The predicted octanol–water partition coefficient (Wildman–Crippen LogP) is 2.86. The van der Waals surface area contributed by atoms with Gasteiger partial charge in [0.2, 0.25) is 0 Å². The Bertz CT molecular complexity index is 646. The van der Waals surface area contributed by atoms with Gasteiger partial charge in [-0.3, -0.25) is 4.90 Å². The van der Waals surface area contributed by atoms with Crippen molar-refractivity contribution >= 4 is 29.0 Å². The lowest BCUT2D eigenvalue weighted by atomic mass is 10.1. The highest BCUT2D eigenvalue weighted by Crippen LogP contribution is 2.49. The number of rotatable bonds is 4. The Morgan fingerprint density at radius 2 is 2.18 bits per heavy atom. The zero-order valence-electron chi connectivity index (χ0n) is 12.3. The molecule has 1 aliphatic heterocycles. The summed E-state index contributed by atoms with van der Waals surface area (Å²) >= 11 is 4.96. The van der Waals surface area contributed by atoms with E-state index in [1.165, 1.54) is 0 Å². The molecule has 114 valence electrons. The number of cyclic esters (lactones) is 1. The fraction of sp³-hybridized carbons (Fsp3) is 0.438. The Hall–Kier alpha value is -2.13. The van der Waals surface area contributed by atoms with Crippen molar-refractivity contribution in [3.05, 3.63) is 41.2 Å². The Labute approximate surface area is 135 Å². The summed E-state index contributed by atoms with van der Waals surface area (Å²) in [5.41, 5.74) is 1.53. The van der Waals surface area contributed by atoms with Crippen LogP contribution in [0.3, 0.4) is 0 Å². The van der Waals surface area contributed by atoms with E-state index in [1.807, 2.05) is 24.3 Å². The second kappa shape index (κ2) is 5.58. The van der Waals surface area contributed by atoms with Crippen molar-refractivity contribution in [3.8, 4) is 0 Å². The number of ether oxygens (including phenoxy) is 1. The van der Waals surface area contributed by atoms with Gasteiger partial charge in [-0.25, -0.2) is 11.4 Å². The van der Waals surface area contributed by atoms with Crippen LogP contribution in [0.5, 0.6) is 0 Å². The van der Waals surface area contributed by atoms with E-state index in [4.69, 9.17) is 23.5 Å². The molecule has 1 aromatic carbocycles. The van der Waals surface area contributed by atoms with Crippen molar-refractivity contribution in [2.45, 2.75) is 31.4 Å². The van der Waals surface area contributed by atoms with Crippen LogP contribution in [0.15, 0.2) is 24.3 Å². The van der Waals surface area contributed by atoms with Crippen LogP contribution in [0.1, 0.15) is 25.3 Å². The molecule has 3 rings (SSSR count). The van der Waals surface area contributed by atoms with E-state index in [9.17, 15) is 4.79 Å². The maximum absolute atomic E-state index is 12.0. The molecular formula is C16H17N3O2S. The predicted molar refractivity (Wildman–Crippen MR) is 87.8 cm³/mol. The smallest absolute Gasteiger partial charge is 0.414 e. The average Bonchev–Trinajstić information content (AvgIpc) is 3.23. The second-order valence-corrected chi connectivity index (χ2v) is 6.36. The maximum Gasteiger partial charge on any atom is 0.414 e. The monoisotopic (exact) mass is 315 g/mol. The van der Waals surface area contributed by atoms with Gasteiger partial charge in [0.05, 0.1) is 18.1 Å². The third kappa shape index (κ3) is 2.77. The van der Waals surface area contributed by atoms with Gasteiger partial charge >= 0.3 is 6.09 Å². The molecule has 1 saturated heterocycles. The molecule has 1 atom stereocenters. The fourth-order valence-corrected chi connectivity index (χ4v) is 2.71. The van der Waals surface area contributed by atoms with Crippen LogP contribution in [-0.2, 0) is 10.3 Å². The first-order chi connectivity index (χ1) is 10.5. The molecule has 5 nitrogen and oxygen atoms in total. The molecule has 1 unspecified atom stereocenters. The molecule has 2 aliphatic rings. The molecule has 0 radical (unpaired) electrons. The number of amides is 1. The van der Waals surface area contributed by atoms with Crippen LogP contribution in [0, 0.1) is 6.57 Å². The van der Waals surface area contributed by atoms with Crippen LogP contribution in [0.2, 0.25) is 0 Å². The number of nitrogens with zero attached hydrogens (tertiary/aromatic N) is 2. The zero-order chi connectivity index (χ0) is 15.7. The molecule has 1 heterocycles. The summed E-state index contributed by atoms with van der Waals surface area (Å²) in [4.78, 5) is 18.0. The quantitative estimate of drug-likeness (QED) is 0.685. The molecule has 6 heteroatoms. The lowest BCUT2D eigenvalue weighted by Crippen LogP contribution is -2.32. The van der Waals surface area contributed by atoms with E-state index in [2.05, 4.69) is 10.2 Å². The molecule has 1 aliphatic carbocycles. The van der Waals surface area contributed by atoms with Gasteiger partial charge < -0.3 is 14.9 Å². The van der Waals surface area contributed by atoms with Crippen molar-refractivity contribution in [1.82, 2.24) is 5.32 Å². The fourth-order valence-electron chi connectivity index (χ4n) is 2.63. The highest BCUT2D eigenvalue weighted by atomic mass is 32.1. The normalized spacial score (nSPS) is 21.9. The minimum Gasteiger partial charge on any atom is -0.442 e. The average molecular weight is 315 g/mol. The summed E-state index contributed by atoms with van der Waals surface area (Å²) in [6.45, 7) is 10.1. The van der Waals surface area contributed by atoms with Gasteiger partial charge in [0.25, 0.3) is 5.54 Å². The van der Waals surface area contributed by atoms with Gasteiger partial charge in [0.1, 0.15) is 6.10 Å². The van der Waals surface area contributed by atoms with E-state index in [0.29, 0.717) is 18.1 Å². The Balaban J connectivity index is 1.68. The third-order valence-corrected chi connectivity index (χ3v) is 4.25. The standard InChI is InChI=1S/C16H17N3O2S/c1-11(22)18-9-14-10-19(15(20)21-14)13-5-3-12(4-6-13)16(17-2)7-8-16/h3-6,14H,7-10H2,1H3,(H,18,22). The molecule has 0 spiro atoms. The van der Waals surface area contributed by atoms with E-state index in [0.717, 1.165) is 24.1 Å². The van der Waals surface area contributed by atoms with Crippen LogP contribution in [0.25, 0.3) is 4.85 Å². The summed E-state index contributed by atoms with van der Waals surface area (Å²) in [5, 5.41) is 3.02. The molecule has 22 heavy (non-hydrogen) atoms. The topological polar surface area (TPSA) is 45.9 Å². The number of nitrogens with one attached hydrogen (secondary N) is 1. The van der Waals surface area contributed by atoms with Crippen LogP contribution in [0.4, 0.5) is 10.5 Å². The SMILES string of the molecule is [C-]#[N+]C1(c2ccc(N3CC(CNC(C)=S)OC3=O)cc2)CC1. The number of hydrogen-bond acceptors (Lipinski definition) is 3. The molecule has 1 amide bonds. The Morgan fingerprint density at radius 1 is 1.50 bits per heavy atom. The molecule has 0 bridgehead atoms. The van der Waals surface area contributed by atoms with Crippen molar-refractivity contribution in [2.75, 3.05) is 18.0 Å². The minimum absolute atomic E-state index is 0.205. The van der Waals surface area contributed by atoms with E-state index in [1.54, 1.807) is 11.8 Å². The maximum atomic E-state index is 12.0. The largest absolute Gasteiger partial charge is 0.442 e. The molecule has 2 fully saturated rings. The first-order valence-electron chi connectivity index (χ1n) is 7.26. The number of carbonyl (C=O) groups excluding carboxylic acids is 1. The highest BCUT2D eigenvalue weighted by Gasteiger charge is 2.52. The van der Waals surface area contributed by atoms with Crippen LogP contribution in [-0.4, -0.2) is 30.3 Å². The number of carbonyl (C=O) groups is 1. The van der Waals surface area contributed by atoms with Crippen LogP contribution < -0.4 is 10.2 Å². The number of benzene rings is 1. The molecule has 0 aromatic heterocycles. The first-order valence-corrected chi connectivity index (χ1v) is 7.67. The van der Waals surface area contributed by atoms with Gasteiger partial charge in [0.15, 0.2) is 0 Å². The number of thiocarbonyl (C=S) groups is 1. The van der Waals surface area contributed by atoms with Crippen LogP contribution >= 0.6 is 12.2 Å². The Morgan fingerprint density at radius 3 is 2.73 bits per heavy atom. The molecular weight excluding hydrogens is 298 g/mol. The lowest BCUT2D eigenvalue weighted by molar-refractivity contribution is 0.143. The third-order valence-electron chi connectivity index (χ3n) is 4.11. The van der Waals surface area contributed by atoms with Gasteiger partial charge in [-0.2, -0.15) is 0 Å².